The van der Waals surface area contributed by atoms with Crippen molar-refractivity contribution in [2.75, 3.05) is 34.4 Å². The Kier molecular flexibility index (Phi) is 5.88. The van der Waals surface area contributed by atoms with Gasteiger partial charge in [0.05, 0.1) is 24.7 Å². The van der Waals surface area contributed by atoms with E-state index in [0.29, 0.717) is 0 Å². The van der Waals surface area contributed by atoms with Crippen molar-refractivity contribution in [3.05, 3.63) is 24.0 Å². The van der Waals surface area contributed by atoms with Gasteiger partial charge in [-0.25, -0.2) is 12.8 Å². The highest BCUT2D eigenvalue weighted by molar-refractivity contribution is 7.89. The fraction of sp³-hybridized carbons (Fsp3) is 0.500. The molecule has 0 aliphatic rings. The highest BCUT2D eigenvalue weighted by Gasteiger charge is 2.24. The van der Waals surface area contributed by atoms with Crippen molar-refractivity contribution in [1.82, 2.24) is 4.31 Å². The molecule has 1 atom stereocenters. The first-order chi connectivity index (χ1) is 9.32. The zero-order chi connectivity index (χ0) is 15.3. The van der Waals surface area contributed by atoms with E-state index in [1.54, 1.807) is 0 Å². The van der Waals surface area contributed by atoms with E-state index in [2.05, 4.69) is 0 Å². The first-order valence-corrected chi connectivity index (χ1v) is 7.23. The lowest BCUT2D eigenvalue weighted by molar-refractivity contribution is 0.0554. The minimum atomic E-state index is -3.88. The molecular formula is C12H18FNO5S. The summed E-state index contributed by atoms with van der Waals surface area (Å²) in [5.74, 6) is -0.801. The third kappa shape index (κ3) is 3.89. The van der Waals surface area contributed by atoms with Gasteiger partial charge >= 0.3 is 0 Å². The van der Waals surface area contributed by atoms with Gasteiger partial charge in [0.1, 0.15) is 0 Å². The third-order valence-corrected chi connectivity index (χ3v) is 4.48. The summed E-state index contributed by atoms with van der Waals surface area (Å²) in [6.45, 7) is -0.138. The smallest absolute Gasteiger partial charge is 0.243 e. The molecule has 0 spiro atoms. The normalized spacial score (nSPS) is 13.5. The van der Waals surface area contributed by atoms with E-state index >= 15 is 0 Å². The van der Waals surface area contributed by atoms with Crippen LogP contribution in [0.4, 0.5) is 4.39 Å². The molecule has 0 amide bonds. The first-order valence-electron chi connectivity index (χ1n) is 5.79. The van der Waals surface area contributed by atoms with E-state index in [4.69, 9.17) is 9.47 Å². The monoisotopic (exact) mass is 307 g/mol. The van der Waals surface area contributed by atoms with Gasteiger partial charge in [0.2, 0.25) is 10.0 Å². The topological polar surface area (TPSA) is 76.1 Å². The van der Waals surface area contributed by atoms with Gasteiger partial charge in [-0.1, -0.05) is 0 Å². The Labute approximate surface area is 117 Å². The average Bonchev–Trinajstić information content (AvgIpc) is 2.38. The number of hydrogen-bond donors (Lipinski definition) is 1. The summed E-state index contributed by atoms with van der Waals surface area (Å²) in [5, 5.41) is 9.54. The van der Waals surface area contributed by atoms with Gasteiger partial charge < -0.3 is 14.6 Å². The number of ether oxygens (including phenoxy) is 2. The molecule has 20 heavy (non-hydrogen) atoms. The van der Waals surface area contributed by atoms with Gasteiger partial charge in [0, 0.05) is 20.7 Å². The standard InChI is InChI=1S/C12H18FNO5S/c1-14(7-9(15)8-18-2)20(16,17)10-4-5-12(19-3)11(13)6-10/h4-6,9,15H,7-8H2,1-3H3. The van der Waals surface area contributed by atoms with E-state index < -0.39 is 21.9 Å². The molecule has 1 aromatic carbocycles. The number of likely N-dealkylation sites (N-methyl/N-ethyl adjacent to an activating group) is 1. The second-order valence-corrected chi connectivity index (χ2v) is 6.24. The van der Waals surface area contributed by atoms with Crippen LogP contribution in [-0.2, 0) is 14.8 Å². The van der Waals surface area contributed by atoms with Crippen LogP contribution < -0.4 is 4.74 Å². The summed E-state index contributed by atoms with van der Waals surface area (Å²) in [7, 11) is 0.115. The number of benzene rings is 1. The molecule has 0 bridgehead atoms. The SMILES string of the molecule is COCC(O)CN(C)S(=O)(=O)c1ccc(OC)c(F)c1. The van der Waals surface area contributed by atoms with E-state index in [9.17, 15) is 17.9 Å². The number of sulfonamides is 1. The molecule has 1 unspecified atom stereocenters. The maximum Gasteiger partial charge on any atom is 0.243 e. The van der Waals surface area contributed by atoms with E-state index in [-0.39, 0.29) is 23.8 Å². The zero-order valence-corrected chi connectivity index (χ0v) is 12.4. The number of aliphatic hydroxyl groups excluding tert-OH is 1. The van der Waals surface area contributed by atoms with Crippen LogP contribution in [0.3, 0.4) is 0 Å². The molecule has 1 aromatic rings. The second-order valence-electron chi connectivity index (χ2n) is 4.19. The van der Waals surface area contributed by atoms with Crippen LogP contribution in [0.15, 0.2) is 23.1 Å². The third-order valence-electron chi connectivity index (χ3n) is 2.66. The van der Waals surface area contributed by atoms with Crippen LogP contribution >= 0.6 is 0 Å². The van der Waals surface area contributed by atoms with Crippen molar-refractivity contribution in [1.29, 1.82) is 0 Å². The van der Waals surface area contributed by atoms with Crippen LogP contribution in [0.25, 0.3) is 0 Å². The molecule has 0 aliphatic heterocycles. The summed E-state index contributed by atoms with van der Waals surface area (Å²) in [5.41, 5.74) is 0. The highest BCUT2D eigenvalue weighted by atomic mass is 32.2. The van der Waals surface area contributed by atoms with Crippen molar-refractivity contribution >= 4 is 10.0 Å². The van der Waals surface area contributed by atoms with Crippen LogP contribution in [0, 0.1) is 5.82 Å². The molecular weight excluding hydrogens is 289 g/mol. The molecule has 8 heteroatoms. The highest BCUT2D eigenvalue weighted by Crippen LogP contribution is 2.22. The lowest BCUT2D eigenvalue weighted by atomic mass is 10.3. The molecule has 0 saturated heterocycles. The van der Waals surface area contributed by atoms with Gasteiger partial charge in [0.15, 0.2) is 11.6 Å². The Morgan fingerprint density at radius 3 is 2.55 bits per heavy atom. The van der Waals surface area contributed by atoms with E-state index in [0.717, 1.165) is 10.4 Å². The lowest BCUT2D eigenvalue weighted by Crippen LogP contribution is -2.36. The lowest BCUT2D eigenvalue weighted by Gasteiger charge is -2.20. The van der Waals surface area contributed by atoms with Gasteiger partial charge in [-0.2, -0.15) is 4.31 Å². The fourth-order valence-corrected chi connectivity index (χ4v) is 2.85. The van der Waals surface area contributed by atoms with Gasteiger partial charge in [0.25, 0.3) is 0 Å². The summed E-state index contributed by atoms with van der Waals surface area (Å²) in [4.78, 5) is -0.206. The Hall–Kier alpha value is -1.22. The summed E-state index contributed by atoms with van der Waals surface area (Å²) in [6.07, 6.45) is -0.956. The van der Waals surface area contributed by atoms with E-state index in [1.165, 1.54) is 33.4 Å². The molecule has 114 valence electrons. The number of nitrogens with zero attached hydrogens (tertiary/aromatic N) is 1. The fourth-order valence-electron chi connectivity index (χ4n) is 1.63. The molecule has 0 aliphatic carbocycles. The number of hydrogen-bond acceptors (Lipinski definition) is 5. The van der Waals surface area contributed by atoms with E-state index in [1.807, 2.05) is 0 Å². The molecule has 1 N–H and O–H groups in total. The minimum Gasteiger partial charge on any atom is -0.494 e. The largest absolute Gasteiger partial charge is 0.494 e. The van der Waals surface area contributed by atoms with Crippen molar-refractivity contribution in [3.8, 4) is 5.75 Å². The number of methoxy groups -OCH3 is 2. The number of halogens is 1. The Balaban J connectivity index is 2.95. The molecule has 0 radical (unpaired) electrons. The minimum absolute atomic E-state index is 0.0107. The van der Waals surface area contributed by atoms with Crippen molar-refractivity contribution in [2.45, 2.75) is 11.0 Å². The molecule has 6 nitrogen and oxygen atoms in total. The molecule has 0 aromatic heterocycles. The molecule has 0 fully saturated rings. The number of rotatable bonds is 7. The quantitative estimate of drug-likeness (QED) is 0.792. The van der Waals surface area contributed by atoms with Crippen molar-refractivity contribution in [2.24, 2.45) is 0 Å². The number of aliphatic hydroxyl groups is 1. The van der Waals surface area contributed by atoms with Crippen LogP contribution in [0.5, 0.6) is 5.75 Å². The molecule has 0 saturated carbocycles. The van der Waals surface area contributed by atoms with Crippen LogP contribution in [-0.4, -0.2) is 58.4 Å². The first kappa shape index (κ1) is 16.8. The molecule has 1 rings (SSSR count). The Bertz CT molecular complexity index is 549. The predicted octanol–water partition coefficient (Wildman–Crippen LogP) is 0.462. The predicted molar refractivity (Wildman–Crippen MR) is 70.7 cm³/mol. The van der Waals surface area contributed by atoms with Crippen LogP contribution in [0.1, 0.15) is 0 Å². The summed E-state index contributed by atoms with van der Waals surface area (Å²) >= 11 is 0. The van der Waals surface area contributed by atoms with Crippen LogP contribution in [0.2, 0.25) is 0 Å². The second kappa shape index (κ2) is 6.98. The van der Waals surface area contributed by atoms with Gasteiger partial charge in [-0.05, 0) is 18.2 Å². The maximum absolute atomic E-state index is 13.6. The average molecular weight is 307 g/mol. The Morgan fingerprint density at radius 2 is 2.05 bits per heavy atom. The Morgan fingerprint density at radius 1 is 1.40 bits per heavy atom. The summed E-state index contributed by atoms with van der Waals surface area (Å²) < 4.78 is 48.3. The van der Waals surface area contributed by atoms with Gasteiger partial charge in [-0.15, -0.1) is 0 Å². The molecule has 0 heterocycles. The van der Waals surface area contributed by atoms with Gasteiger partial charge in [-0.3, -0.25) is 0 Å². The maximum atomic E-state index is 13.6. The van der Waals surface area contributed by atoms with Crippen molar-refractivity contribution < 1.29 is 27.4 Å². The zero-order valence-electron chi connectivity index (χ0n) is 11.5. The van der Waals surface area contributed by atoms with Crippen molar-refractivity contribution in [3.63, 3.8) is 0 Å². The summed E-state index contributed by atoms with van der Waals surface area (Å²) in [6, 6.07) is 3.37.